The molecule has 106 valence electrons. The van der Waals surface area contributed by atoms with Crippen molar-refractivity contribution in [3.63, 3.8) is 0 Å². The molecule has 0 rings (SSSR count). The van der Waals surface area contributed by atoms with Gasteiger partial charge in [0, 0.05) is 18.8 Å². The van der Waals surface area contributed by atoms with Gasteiger partial charge in [0.1, 0.15) is 0 Å². The molecule has 5 heteroatoms. The summed E-state index contributed by atoms with van der Waals surface area (Å²) in [6.45, 7) is 13.1. The molecule has 0 aromatic carbocycles. The van der Waals surface area contributed by atoms with Crippen molar-refractivity contribution >= 4 is 14.5 Å². The van der Waals surface area contributed by atoms with Crippen LogP contribution in [0.15, 0.2) is 12.2 Å². The molecule has 18 heavy (non-hydrogen) atoms. The summed E-state index contributed by atoms with van der Waals surface area (Å²) in [6, 6.07) is 0.838. The van der Waals surface area contributed by atoms with Gasteiger partial charge in [0.25, 0.3) is 0 Å². The Hall–Kier alpha value is -0.653. The third kappa shape index (κ3) is 7.63. The lowest BCUT2D eigenvalue weighted by Crippen LogP contribution is -2.39. The fraction of sp³-hybridized carbons (Fsp3) is 0.769. The summed E-state index contributed by atoms with van der Waals surface area (Å²) >= 11 is 0. The smallest absolute Gasteiger partial charge is 0.335 e. The summed E-state index contributed by atoms with van der Waals surface area (Å²) in [5.74, 6) is -0.329. The average molecular weight is 274 g/mol. The van der Waals surface area contributed by atoms with Crippen molar-refractivity contribution in [1.29, 1.82) is 0 Å². The third-order valence-electron chi connectivity index (χ3n) is 2.42. The first-order chi connectivity index (χ1) is 8.45. The van der Waals surface area contributed by atoms with Crippen LogP contribution in [0.4, 0.5) is 0 Å². The number of hydrogen-bond donors (Lipinski definition) is 0. The van der Waals surface area contributed by atoms with Crippen LogP contribution in [-0.4, -0.2) is 34.4 Å². The zero-order chi connectivity index (χ0) is 14.0. The van der Waals surface area contributed by atoms with Gasteiger partial charge >= 0.3 is 14.5 Å². The Bertz CT molecular complexity index is 268. The first kappa shape index (κ1) is 17.3. The van der Waals surface area contributed by atoms with Crippen molar-refractivity contribution in [2.75, 3.05) is 19.8 Å². The molecule has 4 nitrogen and oxygen atoms in total. The van der Waals surface area contributed by atoms with Gasteiger partial charge < -0.3 is 13.6 Å². The fourth-order valence-corrected chi connectivity index (χ4v) is 3.90. The van der Waals surface area contributed by atoms with Crippen LogP contribution < -0.4 is 0 Å². The minimum absolute atomic E-state index is 0.329. The van der Waals surface area contributed by atoms with Gasteiger partial charge in [-0.2, -0.15) is 0 Å². The van der Waals surface area contributed by atoms with E-state index in [0.29, 0.717) is 18.8 Å². The number of carbonyl (C=O) groups excluding carboxylic acids is 1. The van der Waals surface area contributed by atoms with Gasteiger partial charge in [-0.05, 0) is 39.3 Å². The van der Waals surface area contributed by atoms with Crippen molar-refractivity contribution in [2.24, 2.45) is 0 Å². The maximum atomic E-state index is 11.2. The average Bonchev–Trinajstić information content (AvgIpc) is 2.32. The quantitative estimate of drug-likeness (QED) is 0.266. The van der Waals surface area contributed by atoms with E-state index in [4.69, 9.17) is 13.6 Å². The first-order valence-electron chi connectivity index (χ1n) is 6.55. The van der Waals surface area contributed by atoms with Crippen molar-refractivity contribution in [3.8, 4) is 0 Å². The first-order valence-corrected chi connectivity index (χ1v) is 9.08. The van der Waals surface area contributed by atoms with E-state index in [2.05, 4.69) is 20.0 Å². The molecule has 0 heterocycles. The summed E-state index contributed by atoms with van der Waals surface area (Å²) in [6.07, 6.45) is 1.76. The predicted molar refractivity (Wildman–Crippen MR) is 74.7 cm³/mol. The Balaban J connectivity index is 3.96. The van der Waals surface area contributed by atoms with Gasteiger partial charge in [0.05, 0.1) is 6.61 Å². The molecule has 0 N–H and O–H groups in total. The van der Waals surface area contributed by atoms with Crippen LogP contribution in [-0.2, 0) is 18.4 Å². The van der Waals surface area contributed by atoms with Crippen molar-refractivity contribution < 1.29 is 18.4 Å². The van der Waals surface area contributed by atoms with E-state index in [1.165, 1.54) is 0 Å². The molecule has 0 saturated heterocycles. The van der Waals surface area contributed by atoms with E-state index in [1.807, 2.05) is 6.92 Å². The summed E-state index contributed by atoms with van der Waals surface area (Å²) < 4.78 is 16.6. The molecular weight excluding hydrogens is 248 g/mol. The van der Waals surface area contributed by atoms with Crippen LogP contribution in [0, 0.1) is 0 Å². The minimum atomic E-state index is -2.08. The van der Waals surface area contributed by atoms with Crippen LogP contribution in [0.25, 0.3) is 0 Å². The molecule has 1 atom stereocenters. The maximum absolute atomic E-state index is 11.2. The van der Waals surface area contributed by atoms with Crippen molar-refractivity contribution in [1.82, 2.24) is 0 Å². The van der Waals surface area contributed by atoms with E-state index in [9.17, 15) is 4.79 Å². The Morgan fingerprint density at radius 2 is 1.89 bits per heavy atom. The molecule has 0 aromatic rings. The van der Waals surface area contributed by atoms with Crippen LogP contribution in [0.3, 0.4) is 0 Å². The lowest BCUT2D eigenvalue weighted by Gasteiger charge is -2.26. The Morgan fingerprint density at radius 3 is 2.39 bits per heavy atom. The normalized spacial score (nSPS) is 14.0. The van der Waals surface area contributed by atoms with E-state index in [1.54, 1.807) is 6.92 Å². The molecule has 0 aliphatic rings. The van der Waals surface area contributed by atoms with Crippen molar-refractivity contribution in [3.05, 3.63) is 12.2 Å². The minimum Gasteiger partial charge on any atom is -0.462 e. The topological polar surface area (TPSA) is 44.8 Å². The third-order valence-corrected chi connectivity index (χ3v) is 5.39. The highest BCUT2D eigenvalue weighted by molar-refractivity contribution is 6.66. The van der Waals surface area contributed by atoms with Crippen LogP contribution in [0.1, 0.15) is 33.6 Å². The molecule has 0 amide bonds. The van der Waals surface area contributed by atoms with Gasteiger partial charge in [0.2, 0.25) is 0 Å². The number of hydrogen-bond acceptors (Lipinski definition) is 4. The van der Waals surface area contributed by atoms with E-state index >= 15 is 0 Å². The van der Waals surface area contributed by atoms with Crippen molar-refractivity contribution in [2.45, 2.75) is 46.2 Å². The summed E-state index contributed by atoms with van der Waals surface area (Å²) in [7, 11) is -2.08. The second-order valence-electron chi connectivity index (χ2n) is 4.44. The molecule has 0 bridgehead atoms. The lowest BCUT2D eigenvalue weighted by molar-refractivity contribution is -0.138. The SMILES string of the molecule is C=C(C)C(=O)OCCC[Si](C)(OCC)OCCC. The van der Waals surface area contributed by atoms with E-state index in [-0.39, 0.29) is 5.97 Å². The molecule has 0 aliphatic carbocycles. The number of carbonyl (C=O) groups is 1. The molecule has 0 spiro atoms. The van der Waals surface area contributed by atoms with Gasteiger partial charge in [-0.3, -0.25) is 0 Å². The predicted octanol–water partition coefficient (Wildman–Crippen LogP) is 3.03. The highest BCUT2D eigenvalue weighted by Gasteiger charge is 2.30. The van der Waals surface area contributed by atoms with E-state index in [0.717, 1.165) is 25.5 Å². The van der Waals surface area contributed by atoms with Crippen LogP contribution in [0.2, 0.25) is 12.6 Å². The number of rotatable bonds is 10. The van der Waals surface area contributed by atoms with Gasteiger partial charge in [-0.1, -0.05) is 13.5 Å². The van der Waals surface area contributed by atoms with Gasteiger partial charge in [-0.25, -0.2) is 4.79 Å². The standard InChI is InChI=1S/C13H26O4Si/c1-6-9-17-18(5,16-7-2)11-8-10-15-13(14)12(3)4/h3,6-11H2,1-2,4-5H3. The fourth-order valence-electron chi connectivity index (χ4n) is 1.49. The summed E-state index contributed by atoms with van der Waals surface area (Å²) in [5, 5.41) is 0. The summed E-state index contributed by atoms with van der Waals surface area (Å²) in [4.78, 5) is 11.2. The monoisotopic (exact) mass is 274 g/mol. The molecule has 0 radical (unpaired) electrons. The largest absolute Gasteiger partial charge is 0.462 e. The number of esters is 1. The Labute approximate surface area is 112 Å². The zero-order valence-electron chi connectivity index (χ0n) is 12.1. The lowest BCUT2D eigenvalue weighted by atomic mass is 10.4. The summed E-state index contributed by atoms with van der Waals surface area (Å²) in [5.41, 5.74) is 0.432. The highest BCUT2D eigenvalue weighted by atomic mass is 28.4. The van der Waals surface area contributed by atoms with Gasteiger partial charge in [0.15, 0.2) is 0 Å². The number of ether oxygens (including phenoxy) is 1. The molecule has 0 aromatic heterocycles. The molecule has 0 aliphatic heterocycles. The maximum Gasteiger partial charge on any atom is 0.335 e. The van der Waals surface area contributed by atoms with E-state index < -0.39 is 8.56 Å². The zero-order valence-corrected chi connectivity index (χ0v) is 13.1. The second-order valence-corrected chi connectivity index (χ2v) is 7.78. The molecular formula is C13H26O4Si. The molecule has 0 saturated carbocycles. The Kier molecular flexibility index (Phi) is 8.96. The molecule has 1 unspecified atom stereocenters. The second kappa shape index (κ2) is 9.30. The molecule has 0 fully saturated rings. The van der Waals surface area contributed by atoms with Crippen LogP contribution >= 0.6 is 0 Å². The Morgan fingerprint density at radius 1 is 1.22 bits per heavy atom. The van der Waals surface area contributed by atoms with Crippen LogP contribution in [0.5, 0.6) is 0 Å². The van der Waals surface area contributed by atoms with Gasteiger partial charge in [-0.15, -0.1) is 0 Å². The highest BCUT2D eigenvalue weighted by Crippen LogP contribution is 2.16.